The Morgan fingerprint density at radius 2 is 1.85 bits per heavy atom. The predicted octanol–water partition coefficient (Wildman–Crippen LogP) is 2.91. The molecule has 1 amide bonds. The molecule has 0 aliphatic heterocycles. The van der Waals surface area contributed by atoms with Gasteiger partial charge in [-0.3, -0.25) is 4.79 Å². The number of hydrogen-bond acceptors (Lipinski definition) is 6. The average Bonchev–Trinajstić information content (AvgIpc) is 3.36. The SMILES string of the molecule is O=C(Nc1ccc(-c2cn3nc4c(nc3n2)CCCC4)cc1)c1ccno1. The van der Waals surface area contributed by atoms with E-state index in [0.717, 1.165) is 48.3 Å². The van der Waals surface area contributed by atoms with Crippen molar-refractivity contribution in [2.75, 3.05) is 5.32 Å². The number of fused-ring (bicyclic) bond motifs is 2. The van der Waals surface area contributed by atoms with Crippen LogP contribution in [-0.4, -0.2) is 30.6 Å². The van der Waals surface area contributed by atoms with Crippen molar-refractivity contribution in [3.05, 3.63) is 59.9 Å². The number of nitrogens with zero attached hydrogens (tertiary/aromatic N) is 5. The topological polar surface area (TPSA) is 98.2 Å². The number of anilines is 1. The van der Waals surface area contributed by atoms with Crippen LogP contribution in [0.3, 0.4) is 0 Å². The van der Waals surface area contributed by atoms with Gasteiger partial charge in [-0.1, -0.05) is 17.3 Å². The molecule has 0 spiro atoms. The zero-order valence-corrected chi connectivity index (χ0v) is 14.4. The molecule has 8 heteroatoms. The maximum Gasteiger partial charge on any atom is 0.294 e. The summed E-state index contributed by atoms with van der Waals surface area (Å²) in [4.78, 5) is 21.3. The second-order valence-electron chi connectivity index (χ2n) is 6.49. The second kappa shape index (κ2) is 6.31. The number of hydrogen-bond donors (Lipinski definition) is 1. The largest absolute Gasteiger partial charge is 0.351 e. The molecule has 0 atom stereocenters. The zero-order chi connectivity index (χ0) is 18.2. The van der Waals surface area contributed by atoms with Crippen molar-refractivity contribution >= 4 is 17.4 Å². The van der Waals surface area contributed by atoms with Crippen LogP contribution in [0.1, 0.15) is 34.8 Å². The molecule has 3 aromatic heterocycles. The van der Waals surface area contributed by atoms with Crippen LogP contribution in [-0.2, 0) is 12.8 Å². The van der Waals surface area contributed by atoms with E-state index in [1.165, 1.54) is 12.3 Å². The van der Waals surface area contributed by atoms with E-state index in [1.54, 1.807) is 4.52 Å². The van der Waals surface area contributed by atoms with Crippen LogP contribution in [0.4, 0.5) is 5.69 Å². The van der Waals surface area contributed by atoms with Crippen molar-refractivity contribution in [1.82, 2.24) is 24.7 Å². The number of rotatable bonds is 3. The molecule has 27 heavy (non-hydrogen) atoms. The van der Waals surface area contributed by atoms with Gasteiger partial charge in [0.2, 0.25) is 5.76 Å². The Hall–Kier alpha value is -3.55. The quantitative estimate of drug-likeness (QED) is 0.603. The van der Waals surface area contributed by atoms with Crippen molar-refractivity contribution in [2.24, 2.45) is 0 Å². The normalized spacial score (nSPS) is 13.5. The minimum atomic E-state index is -0.341. The molecule has 3 heterocycles. The first kappa shape index (κ1) is 15.7. The summed E-state index contributed by atoms with van der Waals surface area (Å²) in [5, 5.41) is 11.0. The third-order valence-electron chi connectivity index (χ3n) is 4.64. The average molecular weight is 360 g/mol. The summed E-state index contributed by atoms with van der Waals surface area (Å²) in [6.07, 6.45) is 7.59. The first-order valence-corrected chi connectivity index (χ1v) is 8.84. The standard InChI is InChI=1S/C19H16N6O2/c26-18(17-9-10-20-27-17)21-13-7-5-12(6-8-13)16-11-25-19(23-16)22-14-3-1-2-4-15(14)24-25/h5-11H,1-4H2,(H,21,26). The monoisotopic (exact) mass is 360 g/mol. The third kappa shape index (κ3) is 2.95. The Morgan fingerprint density at radius 1 is 1.04 bits per heavy atom. The van der Waals surface area contributed by atoms with Gasteiger partial charge in [-0.15, -0.1) is 0 Å². The molecule has 5 rings (SSSR count). The van der Waals surface area contributed by atoms with E-state index in [0.29, 0.717) is 11.5 Å². The maximum absolute atomic E-state index is 12.0. The van der Waals surface area contributed by atoms with E-state index < -0.39 is 0 Å². The molecule has 4 aromatic rings. The fraction of sp³-hybridized carbons (Fsp3) is 0.211. The number of benzene rings is 1. The number of carbonyl (C=O) groups is 1. The van der Waals surface area contributed by atoms with E-state index in [4.69, 9.17) is 4.52 Å². The van der Waals surface area contributed by atoms with E-state index in [-0.39, 0.29) is 11.7 Å². The fourth-order valence-electron chi connectivity index (χ4n) is 3.25. The van der Waals surface area contributed by atoms with Crippen LogP contribution >= 0.6 is 0 Å². The van der Waals surface area contributed by atoms with Crippen molar-refractivity contribution in [3.8, 4) is 11.3 Å². The van der Waals surface area contributed by atoms with Crippen molar-refractivity contribution in [3.63, 3.8) is 0 Å². The summed E-state index contributed by atoms with van der Waals surface area (Å²) >= 11 is 0. The van der Waals surface area contributed by atoms with Crippen LogP contribution in [0.25, 0.3) is 17.0 Å². The summed E-state index contributed by atoms with van der Waals surface area (Å²) < 4.78 is 6.60. The van der Waals surface area contributed by atoms with Crippen LogP contribution in [0.15, 0.2) is 47.2 Å². The molecular formula is C19H16N6O2. The lowest BCUT2D eigenvalue weighted by Gasteiger charge is -2.12. The molecule has 0 fully saturated rings. The second-order valence-corrected chi connectivity index (χ2v) is 6.49. The molecule has 0 bridgehead atoms. The van der Waals surface area contributed by atoms with Gasteiger partial charge in [0.25, 0.3) is 11.7 Å². The number of nitrogens with one attached hydrogen (secondary N) is 1. The minimum absolute atomic E-state index is 0.167. The van der Waals surface area contributed by atoms with E-state index in [2.05, 4.69) is 25.5 Å². The van der Waals surface area contributed by atoms with Crippen LogP contribution in [0.2, 0.25) is 0 Å². The first-order chi connectivity index (χ1) is 13.3. The summed E-state index contributed by atoms with van der Waals surface area (Å²) in [6, 6.07) is 8.95. The number of imidazole rings is 1. The van der Waals surface area contributed by atoms with Crippen LogP contribution in [0.5, 0.6) is 0 Å². The van der Waals surface area contributed by atoms with Gasteiger partial charge < -0.3 is 9.84 Å². The molecule has 0 unspecified atom stereocenters. The van der Waals surface area contributed by atoms with Gasteiger partial charge in [0.05, 0.1) is 29.5 Å². The molecule has 1 N–H and O–H groups in total. The number of amides is 1. The molecule has 134 valence electrons. The predicted molar refractivity (Wildman–Crippen MR) is 97.3 cm³/mol. The van der Waals surface area contributed by atoms with Crippen LogP contribution in [0, 0.1) is 0 Å². The van der Waals surface area contributed by atoms with Gasteiger partial charge in [0, 0.05) is 17.3 Å². The van der Waals surface area contributed by atoms with Crippen molar-refractivity contribution in [2.45, 2.75) is 25.7 Å². The summed E-state index contributed by atoms with van der Waals surface area (Å²) in [7, 11) is 0. The lowest BCUT2D eigenvalue weighted by molar-refractivity contribution is 0.0988. The molecular weight excluding hydrogens is 344 g/mol. The summed E-state index contributed by atoms with van der Waals surface area (Å²) in [5.41, 5.74) is 4.53. The Labute approximate surface area is 154 Å². The Morgan fingerprint density at radius 3 is 2.63 bits per heavy atom. The molecule has 1 aromatic carbocycles. The Balaban J connectivity index is 1.40. The van der Waals surface area contributed by atoms with E-state index in [9.17, 15) is 4.79 Å². The minimum Gasteiger partial charge on any atom is -0.351 e. The van der Waals surface area contributed by atoms with Crippen molar-refractivity contribution in [1.29, 1.82) is 0 Å². The number of aryl methyl sites for hydroxylation is 2. The summed E-state index contributed by atoms with van der Waals surface area (Å²) in [6.45, 7) is 0. The van der Waals surface area contributed by atoms with Gasteiger partial charge in [0.1, 0.15) is 0 Å². The lowest BCUT2D eigenvalue weighted by atomic mass is 10.0. The number of aromatic nitrogens is 5. The Kier molecular flexibility index (Phi) is 3.67. The highest BCUT2D eigenvalue weighted by molar-refractivity contribution is 6.02. The smallest absolute Gasteiger partial charge is 0.294 e. The molecule has 0 saturated heterocycles. The molecule has 1 aliphatic carbocycles. The highest BCUT2D eigenvalue weighted by atomic mass is 16.5. The van der Waals surface area contributed by atoms with Gasteiger partial charge >= 0.3 is 0 Å². The third-order valence-corrected chi connectivity index (χ3v) is 4.64. The van der Waals surface area contributed by atoms with E-state index >= 15 is 0 Å². The highest BCUT2D eigenvalue weighted by Crippen LogP contribution is 2.23. The molecule has 8 nitrogen and oxygen atoms in total. The fourth-order valence-corrected chi connectivity index (χ4v) is 3.25. The maximum atomic E-state index is 12.0. The lowest BCUT2D eigenvalue weighted by Crippen LogP contribution is -2.11. The van der Waals surface area contributed by atoms with Gasteiger partial charge in [0.15, 0.2) is 0 Å². The molecule has 1 aliphatic rings. The first-order valence-electron chi connectivity index (χ1n) is 8.84. The van der Waals surface area contributed by atoms with Gasteiger partial charge in [-0.2, -0.15) is 5.10 Å². The van der Waals surface area contributed by atoms with Gasteiger partial charge in [-0.25, -0.2) is 14.5 Å². The van der Waals surface area contributed by atoms with Crippen molar-refractivity contribution < 1.29 is 9.32 Å². The van der Waals surface area contributed by atoms with Crippen LogP contribution < -0.4 is 5.32 Å². The highest BCUT2D eigenvalue weighted by Gasteiger charge is 2.16. The zero-order valence-electron chi connectivity index (χ0n) is 14.4. The summed E-state index contributed by atoms with van der Waals surface area (Å²) in [5.74, 6) is 0.445. The number of carbonyl (C=O) groups excluding carboxylic acids is 1. The van der Waals surface area contributed by atoms with Gasteiger partial charge in [-0.05, 0) is 37.8 Å². The Bertz CT molecular complexity index is 1070. The molecule has 0 saturated carbocycles. The molecule has 0 radical (unpaired) electrons. The van der Waals surface area contributed by atoms with E-state index in [1.807, 2.05) is 30.5 Å².